The molecule has 1 aromatic carbocycles. The van der Waals surface area contributed by atoms with Gasteiger partial charge in [0.25, 0.3) is 0 Å². The Bertz CT molecular complexity index is 474. The van der Waals surface area contributed by atoms with Crippen LogP contribution in [0.5, 0.6) is 5.88 Å². The molecule has 4 heteroatoms. The van der Waals surface area contributed by atoms with Crippen molar-refractivity contribution in [3.63, 3.8) is 0 Å². The number of ether oxygens (including phenoxy) is 2. The first-order valence-electron chi connectivity index (χ1n) is 5.80. The van der Waals surface area contributed by atoms with E-state index in [2.05, 4.69) is 4.98 Å². The van der Waals surface area contributed by atoms with Gasteiger partial charge in [0.2, 0.25) is 5.88 Å². The fraction of sp³-hybridized carbons (Fsp3) is 0.214. The van der Waals surface area contributed by atoms with Crippen molar-refractivity contribution in [2.24, 2.45) is 0 Å². The average molecular weight is 244 g/mol. The summed E-state index contributed by atoms with van der Waals surface area (Å²) in [4.78, 5) is 4.04. The summed E-state index contributed by atoms with van der Waals surface area (Å²) in [5.41, 5.74) is 7.41. The van der Waals surface area contributed by atoms with Gasteiger partial charge in [0.15, 0.2) is 0 Å². The molecule has 0 spiro atoms. The van der Waals surface area contributed by atoms with Gasteiger partial charge in [-0.2, -0.15) is 0 Å². The summed E-state index contributed by atoms with van der Waals surface area (Å²) in [6.45, 7) is 1.57. The molecule has 94 valence electrons. The third kappa shape index (κ3) is 4.07. The number of nitrogens with two attached hydrogens (primary N) is 1. The molecule has 0 aliphatic rings. The van der Waals surface area contributed by atoms with Crippen molar-refractivity contribution >= 4 is 5.69 Å². The fourth-order valence-electron chi connectivity index (χ4n) is 1.47. The molecular formula is C14H16N2O2. The van der Waals surface area contributed by atoms with Gasteiger partial charge < -0.3 is 15.2 Å². The van der Waals surface area contributed by atoms with E-state index in [1.165, 1.54) is 0 Å². The van der Waals surface area contributed by atoms with Crippen molar-refractivity contribution in [2.75, 3.05) is 18.9 Å². The first-order valence-corrected chi connectivity index (χ1v) is 5.80. The van der Waals surface area contributed by atoms with Crippen LogP contribution in [0, 0.1) is 0 Å². The van der Waals surface area contributed by atoms with Gasteiger partial charge in [0, 0.05) is 18.0 Å². The number of hydrogen-bond acceptors (Lipinski definition) is 4. The number of benzene rings is 1. The molecule has 18 heavy (non-hydrogen) atoms. The van der Waals surface area contributed by atoms with Crippen LogP contribution in [-0.2, 0) is 11.3 Å². The topological polar surface area (TPSA) is 57.4 Å². The predicted molar refractivity (Wildman–Crippen MR) is 70.2 cm³/mol. The zero-order chi connectivity index (χ0) is 12.6. The molecule has 0 radical (unpaired) electrons. The van der Waals surface area contributed by atoms with E-state index in [9.17, 15) is 0 Å². The lowest BCUT2D eigenvalue weighted by Gasteiger charge is -2.06. The molecule has 0 saturated carbocycles. The first kappa shape index (κ1) is 12.4. The molecule has 2 aromatic rings. The molecule has 0 saturated heterocycles. The first-order chi connectivity index (χ1) is 8.84. The molecule has 4 nitrogen and oxygen atoms in total. The second-order valence-corrected chi connectivity index (χ2v) is 3.81. The lowest BCUT2D eigenvalue weighted by atomic mass is 10.2. The van der Waals surface area contributed by atoms with Gasteiger partial charge in [-0.05, 0) is 11.6 Å². The van der Waals surface area contributed by atoms with Gasteiger partial charge >= 0.3 is 0 Å². The number of aromatic nitrogens is 1. The highest BCUT2D eigenvalue weighted by Gasteiger charge is 1.96. The van der Waals surface area contributed by atoms with Crippen LogP contribution < -0.4 is 10.5 Å². The molecule has 2 N–H and O–H groups in total. The Balaban J connectivity index is 1.65. The average Bonchev–Trinajstić information content (AvgIpc) is 2.40. The largest absolute Gasteiger partial charge is 0.475 e. The predicted octanol–water partition coefficient (Wildman–Crippen LogP) is 2.26. The Labute approximate surface area is 106 Å². The number of anilines is 1. The van der Waals surface area contributed by atoms with Crippen molar-refractivity contribution in [1.29, 1.82) is 0 Å². The van der Waals surface area contributed by atoms with E-state index in [4.69, 9.17) is 15.2 Å². The number of pyridine rings is 1. The molecule has 0 unspecified atom stereocenters. The highest BCUT2D eigenvalue weighted by molar-refractivity contribution is 5.39. The van der Waals surface area contributed by atoms with E-state index >= 15 is 0 Å². The van der Waals surface area contributed by atoms with Gasteiger partial charge in [0.05, 0.1) is 13.2 Å². The lowest BCUT2D eigenvalue weighted by molar-refractivity contribution is 0.0875. The smallest absolute Gasteiger partial charge is 0.215 e. The quantitative estimate of drug-likeness (QED) is 0.792. The Morgan fingerprint density at radius 1 is 1.06 bits per heavy atom. The van der Waals surface area contributed by atoms with Crippen LogP contribution in [0.4, 0.5) is 5.69 Å². The van der Waals surface area contributed by atoms with Crippen molar-refractivity contribution in [2.45, 2.75) is 6.61 Å². The summed E-state index contributed by atoms with van der Waals surface area (Å²) in [7, 11) is 0. The lowest BCUT2D eigenvalue weighted by Crippen LogP contribution is -2.07. The minimum Gasteiger partial charge on any atom is -0.475 e. The van der Waals surface area contributed by atoms with Crippen molar-refractivity contribution in [3.05, 3.63) is 54.2 Å². The Kier molecular flexibility index (Phi) is 4.55. The number of rotatable bonds is 6. The number of hydrogen-bond donors (Lipinski definition) is 1. The molecule has 0 aliphatic heterocycles. The molecule has 0 amide bonds. The third-order valence-electron chi connectivity index (χ3n) is 2.35. The van der Waals surface area contributed by atoms with Crippen molar-refractivity contribution in [1.82, 2.24) is 4.98 Å². The van der Waals surface area contributed by atoms with Gasteiger partial charge in [-0.25, -0.2) is 4.98 Å². The number of nitrogens with zero attached hydrogens (tertiary/aromatic N) is 1. The van der Waals surface area contributed by atoms with Gasteiger partial charge in [-0.3, -0.25) is 0 Å². The van der Waals surface area contributed by atoms with E-state index < -0.39 is 0 Å². The summed E-state index contributed by atoms with van der Waals surface area (Å²) >= 11 is 0. The minimum absolute atomic E-state index is 0.462. The Hall–Kier alpha value is -2.07. The second kappa shape index (κ2) is 6.61. The minimum atomic E-state index is 0.462. The van der Waals surface area contributed by atoms with Gasteiger partial charge in [0.1, 0.15) is 6.61 Å². The molecule has 0 aliphatic carbocycles. The highest BCUT2D eigenvalue weighted by Crippen LogP contribution is 2.10. The highest BCUT2D eigenvalue weighted by atomic mass is 16.5. The maximum Gasteiger partial charge on any atom is 0.215 e. The van der Waals surface area contributed by atoms with Crippen LogP contribution >= 0.6 is 0 Å². The van der Waals surface area contributed by atoms with E-state index in [-0.39, 0.29) is 0 Å². The van der Waals surface area contributed by atoms with E-state index in [0.717, 1.165) is 5.56 Å². The molecule has 0 bridgehead atoms. The molecule has 1 heterocycles. The molecule has 1 aromatic heterocycles. The van der Waals surface area contributed by atoms with Gasteiger partial charge in [-0.15, -0.1) is 0 Å². The van der Waals surface area contributed by atoms with Crippen LogP contribution in [0.25, 0.3) is 0 Å². The zero-order valence-electron chi connectivity index (χ0n) is 10.1. The van der Waals surface area contributed by atoms with Crippen molar-refractivity contribution < 1.29 is 9.47 Å². The SMILES string of the molecule is Nc1ccnc(OCCOCc2ccccc2)c1. The van der Waals surface area contributed by atoms with Crippen LogP contribution in [0.3, 0.4) is 0 Å². The third-order valence-corrected chi connectivity index (χ3v) is 2.35. The maximum atomic E-state index is 5.61. The maximum absolute atomic E-state index is 5.61. The van der Waals surface area contributed by atoms with Crippen LogP contribution in [-0.4, -0.2) is 18.2 Å². The van der Waals surface area contributed by atoms with E-state index in [1.54, 1.807) is 18.3 Å². The summed E-state index contributed by atoms with van der Waals surface area (Å²) in [6.07, 6.45) is 1.62. The zero-order valence-corrected chi connectivity index (χ0v) is 10.1. The Morgan fingerprint density at radius 3 is 2.67 bits per heavy atom. The summed E-state index contributed by atoms with van der Waals surface area (Å²) in [5, 5.41) is 0. The molecule has 0 atom stereocenters. The van der Waals surface area contributed by atoms with Crippen LogP contribution in [0.15, 0.2) is 48.7 Å². The summed E-state index contributed by atoms with van der Waals surface area (Å²) in [5.74, 6) is 0.526. The fourth-order valence-corrected chi connectivity index (χ4v) is 1.47. The van der Waals surface area contributed by atoms with E-state index in [1.807, 2.05) is 30.3 Å². The van der Waals surface area contributed by atoms with E-state index in [0.29, 0.717) is 31.4 Å². The molecular weight excluding hydrogens is 228 g/mol. The molecule has 0 fully saturated rings. The Morgan fingerprint density at radius 2 is 1.89 bits per heavy atom. The second-order valence-electron chi connectivity index (χ2n) is 3.81. The van der Waals surface area contributed by atoms with Crippen molar-refractivity contribution in [3.8, 4) is 5.88 Å². The van der Waals surface area contributed by atoms with Crippen LogP contribution in [0.2, 0.25) is 0 Å². The number of nitrogen functional groups attached to an aromatic ring is 1. The normalized spacial score (nSPS) is 10.2. The molecule has 2 rings (SSSR count). The van der Waals surface area contributed by atoms with Gasteiger partial charge in [-0.1, -0.05) is 30.3 Å². The summed E-state index contributed by atoms with van der Waals surface area (Å²) < 4.78 is 10.9. The van der Waals surface area contributed by atoms with Crippen LogP contribution in [0.1, 0.15) is 5.56 Å². The monoisotopic (exact) mass is 244 g/mol. The summed E-state index contributed by atoms with van der Waals surface area (Å²) in [6, 6.07) is 13.4. The standard InChI is InChI=1S/C14H16N2O2/c15-13-6-7-16-14(10-13)18-9-8-17-11-12-4-2-1-3-5-12/h1-7,10H,8-9,11H2,(H2,15,16).